The van der Waals surface area contributed by atoms with E-state index in [1.54, 1.807) is 27.9 Å². The molecule has 2 aliphatic rings. The number of hydrogen-bond acceptors (Lipinski definition) is 8. The number of methoxy groups -OCH3 is 1. The number of Topliss-reactive ketones (excluding diaryl/α,β-unsaturated/α-hetero) is 1. The van der Waals surface area contributed by atoms with Gasteiger partial charge >= 0.3 is 5.97 Å². The standard InChI is InChI=1S/C37H48N2O6/c1-36(2,3)31(32(38)35(42)45-37(4,5)6)34(41)30-20-27(40)19-29(30)33-25(17-23-13-15-28(43-7)16-14-23)18-26(39-33)22-44-21-24-11-9-8-10-12-24/h8-16,18,25,27,29-31,38,40H,17,19-22H2,1-7H3/t25?,27-,29-,30?,31-/m1/s1. The van der Waals surface area contributed by atoms with Crippen molar-refractivity contribution in [3.63, 3.8) is 0 Å². The summed E-state index contributed by atoms with van der Waals surface area (Å²) in [5, 5.41) is 19.7. The second kappa shape index (κ2) is 14.2. The van der Waals surface area contributed by atoms with Crippen LogP contribution in [0.1, 0.15) is 65.5 Å². The smallest absolute Gasteiger partial charge is 0.353 e. The zero-order valence-corrected chi connectivity index (χ0v) is 27.6. The number of carbonyl (C=O) groups is 2. The molecular weight excluding hydrogens is 568 g/mol. The molecule has 1 fully saturated rings. The summed E-state index contributed by atoms with van der Waals surface area (Å²) >= 11 is 0. The van der Waals surface area contributed by atoms with Gasteiger partial charge in [0.15, 0.2) is 0 Å². The molecule has 0 radical (unpaired) electrons. The summed E-state index contributed by atoms with van der Waals surface area (Å²) in [7, 11) is 1.64. The SMILES string of the molecule is COc1ccc(CC2C=C(COCc3ccccc3)N=C2[C@@H]2C[C@@H](O)CC2C(=O)[C@@H](C(=N)C(=O)OC(C)(C)C)C(C)(C)C)cc1. The van der Waals surface area contributed by atoms with Crippen molar-refractivity contribution >= 4 is 23.2 Å². The van der Waals surface area contributed by atoms with Gasteiger partial charge in [0.05, 0.1) is 38.0 Å². The highest BCUT2D eigenvalue weighted by Gasteiger charge is 2.49. The molecule has 2 aromatic carbocycles. The van der Waals surface area contributed by atoms with E-state index in [9.17, 15) is 14.7 Å². The molecule has 5 atom stereocenters. The highest BCUT2D eigenvalue weighted by molar-refractivity contribution is 6.40. The number of ketones is 1. The van der Waals surface area contributed by atoms with Crippen LogP contribution in [-0.4, -0.2) is 53.7 Å². The Morgan fingerprint density at radius 2 is 1.62 bits per heavy atom. The molecule has 0 bridgehead atoms. The first-order chi connectivity index (χ1) is 21.2. The first-order valence-electron chi connectivity index (χ1n) is 15.7. The molecule has 242 valence electrons. The molecule has 0 amide bonds. The Morgan fingerprint density at radius 3 is 2.22 bits per heavy atom. The van der Waals surface area contributed by atoms with Crippen LogP contribution in [0.4, 0.5) is 0 Å². The van der Waals surface area contributed by atoms with Gasteiger partial charge < -0.3 is 19.3 Å². The monoisotopic (exact) mass is 616 g/mol. The molecule has 0 spiro atoms. The van der Waals surface area contributed by atoms with Gasteiger partial charge in [-0.15, -0.1) is 0 Å². The lowest BCUT2D eigenvalue weighted by atomic mass is 9.69. The Labute approximate surface area is 267 Å². The zero-order valence-electron chi connectivity index (χ0n) is 27.6. The summed E-state index contributed by atoms with van der Waals surface area (Å²) < 4.78 is 16.9. The second-order valence-corrected chi connectivity index (χ2v) is 14.3. The molecule has 1 aliphatic heterocycles. The number of nitrogens with one attached hydrogen (secondary N) is 1. The van der Waals surface area contributed by atoms with Crippen LogP contribution in [0, 0.1) is 34.5 Å². The van der Waals surface area contributed by atoms with Gasteiger partial charge in [-0.25, -0.2) is 4.79 Å². The van der Waals surface area contributed by atoms with E-state index in [0.29, 0.717) is 26.1 Å². The molecule has 2 unspecified atom stereocenters. The normalized spacial score (nSPS) is 22.4. The number of nitrogens with zero attached hydrogens (tertiary/aromatic N) is 1. The van der Waals surface area contributed by atoms with Crippen molar-refractivity contribution in [1.29, 1.82) is 5.41 Å². The minimum Gasteiger partial charge on any atom is -0.497 e. The highest BCUT2D eigenvalue weighted by Crippen LogP contribution is 2.43. The molecule has 1 saturated carbocycles. The van der Waals surface area contributed by atoms with Gasteiger partial charge in [0.1, 0.15) is 22.8 Å². The summed E-state index contributed by atoms with van der Waals surface area (Å²) in [5.74, 6) is -2.26. The maximum atomic E-state index is 14.4. The lowest BCUT2D eigenvalue weighted by Crippen LogP contribution is -2.45. The van der Waals surface area contributed by atoms with E-state index in [0.717, 1.165) is 28.3 Å². The number of allylic oxidation sites excluding steroid dienone is 1. The predicted molar refractivity (Wildman–Crippen MR) is 176 cm³/mol. The average Bonchev–Trinajstić information content (AvgIpc) is 3.55. The fraction of sp³-hybridized carbons (Fsp3) is 0.514. The minimum atomic E-state index is -0.992. The number of benzene rings is 2. The number of aliphatic hydroxyl groups is 1. The van der Waals surface area contributed by atoms with Crippen LogP contribution in [0.25, 0.3) is 0 Å². The third-order valence-electron chi connectivity index (χ3n) is 8.36. The number of aliphatic imine (C=N–C) groups is 1. The summed E-state index contributed by atoms with van der Waals surface area (Å²) in [6.07, 6.45) is 2.72. The van der Waals surface area contributed by atoms with Crippen LogP contribution in [-0.2, 0) is 32.1 Å². The molecule has 4 rings (SSSR count). The van der Waals surface area contributed by atoms with E-state index in [-0.39, 0.29) is 29.8 Å². The summed E-state index contributed by atoms with van der Waals surface area (Å²) in [5.41, 5.74) is 1.95. The highest BCUT2D eigenvalue weighted by atomic mass is 16.6. The van der Waals surface area contributed by atoms with E-state index < -0.39 is 34.9 Å². The van der Waals surface area contributed by atoms with Gasteiger partial charge in [-0.3, -0.25) is 15.2 Å². The van der Waals surface area contributed by atoms with Crippen LogP contribution in [0.3, 0.4) is 0 Å². The van der Waals surface area contributed by atoms with Gasteiger partial charge in [-0.1, -0.05) is 69.3 Å². The van der Waals surface area contributed by atoms with Crippen molar-refractivity contribution < 1.29 is 28.9 Å². The van der Waals surface area contributed by atoms with E-state index >= 15 is 0 Å². The maximum Gasteiger partial charge on any atom is 0.353 e. The molecule has 2 N–H and O–H groups in total. The number of ether oxygens (including phenoxy) is 3. The van der Waals surface area contributed by atoms with Gasteiger partial charge in [0, 0.05) is 23.5 Å². The van der Waals surface area contributed by atoms with Crippen LogP contribution in [0.2, 0.25) is 0 Å². The van der Waals surface area contributed by atoms with E-state index in [1.165, 1.54) is 0 Å². The molecule has 1 aliphatic carbocycles. The lowest BCUT2D eigenvalue weighted by Gasteiger charge is -2.34. The Bertz CT molecular complexity index is 1420. The number of rotatable bonds is 12. The van der Waals surface area contributed by atoms with Crippen molar-refractivity contribution in [2.24, 2.45) is 34.1 Å². The third-order valence-corrected chi connectivity index (χ3v) is 8.36. The van der Waals surface area contributed by atoms with Gasteiger partial charge in [-0.2, -0.15) is 0 Å². The molecule has 45 heavy (non-hydrogen) atoms. The van der Waals surface area contributed by atoms with Gasteiger partial charge in [0.2, 0.25) is 0 Å². The molecule has 2 aromatic rings. The van der Waals surface area contributed by atoms with Crippen LogP contribution >= 0.6 is 0 Å². The molecule has 0 aromatic heterocycles. The number of carbonyl (C=O) groups excluding carboxylic acids is 2. The quantitative estimate of drug-likeness (QED) is 0.211. The van der Waals surface area contributed by atoms with Crippen molar-refractivity contribution in [2.45, 2.75) is 79.1 Å². The number of hydrogen-bond donors (Lipinski definition) is 2. The van der Waals surface area contributed by atoms with Crippen LogP contribution < -0.4 is 4.74 Å². The van der Waals surface area contributed by atoms with Crippen molar-refractivity contribution in [2.75, 3.05) is 13.7 Å². The van der Waals surface area contributed by atoms with Crippen molar-refractivity contribution in [3.05, 3.63) is 77.5 Å². The van der Waals surface area contributed by atoms with Gasteiger partial charge in [0.25, 0.3) is 0 Å². The predicted octanol–water partition coefficient (Wildman–Crippen LogP) is 6.39. The van der Waals surface area contributed by atoms with E-state index in [4.69, 9.17) is 24.6 Å². The Hall–Kier alpha value is -3.62. The summed E-state index contributed by atoms with van der Waals surface area (Å²) in [6.45, 7) is 11.6. The lowest BCUT2D eigenvalue weighted by molar-refractivity contribution is -0.147. The third kappa shape index (κ3) is 8.98. The van der Waals surface area contributed by atoms with Crippen LogP contribution in [0.5, 0.6) is 5.75 Å². The average molecular weight is 617 g/mol. The van der Waals surface area contributed by atoms with Gasteiger partial charge in [-0.05, 0) is 68.7 Å². The van der Waals surface area contributed by atoms with Crippen molar-refractivity contribution in [1.82, 2.24) is 0 Å². The topological polar surface area (TPSA) is 118 Å². The first-order valence-corrected chi connectivity index (χ1v) is 15.7. The first kappa shape index (κ1) is 34.3. The minimum absolute atomic E-state index is 0.0993. The maximum absolute atomic E-state index is 14.4. The molecule has 8 heteroatoms. The largest absolute Gasteiger partial charge is 0.497 e. The Kier molecular flexibility index (Phi) is 10.8. The molecule has 0 saturated heterocycles. The molecular formula is C37H48N2O6. The number of esters is 1. The van der Waals surface area contributed by atoms with E-state index in [2.05, 4.69) is 6.08 Å². The van der Waals surface area contributed by atoms with E-state index in [1.807, 2.05) is 75.4 Å². The van der Waals surface area contributed by atoms with Crippen LogP contribution in [0.15, 0.2) is 71.4 Å². The van der Waals surface area contributed by atoms with Crippen molar-refractivity contribution in [3.8, 4) is 5.75 Å². The molecule has 1 heterocycles. The zero-order chi connectivity index (χ0) is 32.9. The fourth-order valence-corrected chi connectivity index (χ4v) is 6.39. The molecule has 8 nitrogen and oxygen atoms in total. The number of aliphatic hydroxyl groups excluding tert-OH is 1. The Morgan fingerprint density at radius 1 is 0.956 bits per heavy atom. The summed E-state index contributed by atoms with van der Waals surface area (Å²) in [6, 6.07) is 17.9. The summed E-state index contributed by atoms with van der Waals surface area (Å²) in [4.78, 5) is 32.5. The fourth-order valence-electron chi connectivity index (χ4n) is 6.39. The Balaban J connectivity index is 1.62. The second-order valence-electron chi connectivity index (χ2n) is 14.3.